The van der Waals surface area contributed by atoms with Crippen LogP contribution in [-0.4, -0.2) is 70.1 Å². The molecule has 2 aliphatic heterocycles. The molecule has 4 heterocycles. The van der Waals surface area contributed by atoms with Crippen molar-refractivity contribution in [2.24, 2.45) is 7.05 Å². The number of anilines is 1. The van der Waals surface area contributed by atoms with Gasteiger partial charge in [0, 0.05) is 44.7 Å². The van der Waals surface area contributed by atoms with Crippen LogP contribution in [0.15, 0.2) is 12.1 Å². The smallest absolute Gasteiger partial charge is 0.160 e. The summed E-state index contributed by atoms with van der Waals surface area (Å²) in [5.74, 6) is 1.09. The molecule has 2 aliphatic rings. The monoisotopic (exact) mass is 386 g/mol. The third kappa shape index (κ3) is 4.47. The molecule has 4 rings (SSSR count). The molecule has 154 valence electrons. The number of β-amino-alcohol motifs (C(OH)–C–C–N with tert-alkyl or cyclic N) is 1. The third-order valence-corrected chi connectivity index (χ3v) is 6.24. The Labute approximate surface area is 167 Å². The SMILES string of the molecule is Cn1nc(CNC2CCN(CCO)CC2)c2ccc(N3CCCCCC3)nc21. The molecule has 0 aromatic carbocycles. The number of aryl methyl sites for hydroxylation is 1. The van der Waals surface area contributed by atoms with Gasteiger partial charge in [0.25, 0.3) is 0 Å². The van der Waals surface area contributed by atoms with Crippen LogP contribution >= 0.6 is 0 Å². The van der Waals surface area contributed by atoms with E-state index in [2.05, 4.69) is 27.2 Å². The first kappa shape index (κ1) is 19.6. The maximum Gasteiger partial charge on any atom is 0.160 e. The molecular formula is C21H34N6O. The number of aliphatic hydroxyl groups excluding tert-OH is 1. The second-order valence-electron chi connectivity index (χ2n) is 8.23. The highest BCUT2D eigenvalue weighted by atomic mass is 16.3. The Morgan fingerprint density at radius 2 is 1.82 bits per heavy atom. The standard InChI is InChI=1S/C21H34N6O/c1-25-21-18(6-7-20(23-21)27-10-4-2-3-5-11-27)19(24-25)16-22-17-8-12-26(13-9-17)14-15-28/h6-7,17,22,28H,2-5,8-16H2,1H3. The molecule has 2 saturated heterocycles. The molecule has 2 aromatic rings. The number of likely N-dealkylation sites (tertiary alicyclic amines) is 1. The lowest BCUT2D eigenvalue weighted by Crippen LogP contribution is -2.43. The van der Waals surface area contributed by atoms with Gasteiger partial charge in [-0.25, -0.2) is 4.98 Å². The van der Waals surface area contributed by atoms with Gasteiger partial charge in [-0.05, 0) is 50.9 Å². The van der Waals surface area contributed by atoms with Gasteiger partial charge in [-0.1, -0.05) is 12.8 Å². The number of piperidine rings is 1. The Hall–Kier alpha value is -1.70. The summed E-state index contributed by atoms with van der Waals surface area (Å²) in [6, 6.07) is 4.90. The lowest BCUT2D eigenvalue weighted by atomic mass is 10.0. The Kier molecular flexibility index (Phi) is 6.44. The lowest BCUT2D eigenvalue weighted by molar-refractivity contribution is 0.156. The molecule has 2 fully saturated rings. The van der Waals surface area contributed by atoms with Crippen molar-refractivity contribution < 1.29 is 5.11 Å². The second-order valence-corrected chi connectivity index (χ2v) is 8.23. The predicted octanol–water partition coefficient (Wildman–Crippen LogP) is 1.89. The topological polar surface area (TPSA) is 69.5 Å². The summed E-state index contributed by atoms with van der Waals surface area (Å²) in [5.41, 5.74) is 2.07. The summed E-state index contributed by atoms with van der Waals surface area (Å²) in [6.45, 7) is 6.17. The number of hydrogen-bond acceptors (Lipinski definition) is 6. The van der Waals surface area contributed by atoms with Crippen LogP contribution in [0.1, 0.15) is 44.2 Å². The fourth-order valence-corrected chi connectivity index (χ4v) is 4.54. The summed E-state index contributed by atoms with van der Waals surface area (Å²) in [4.78, 5) is 9.72. The first-order valence-corrected chi connectivity index (χ1v) is 10.9. The zero-order chi connectivity index (χ0) is 19.3. The van der Waals surface area contributed by atoms with E-state index in [1.54, 1.807) is 0 Å². The number of pyridine rings is 1. The molecule has 7 nitrogen and oxygen atoms in total. The molecule has 0 bridgehead atoms. The Bertz CT molecular complexity index is 760. The van der Waals surface area contributed by atoms with Crippen molar-refractivity contribution in [2.45, 2.75) is 51.1 Å². The van der Waals surface area contributed by atoms with Gasteiger partial charge in [0.15, 0.2) is 5.65 Å². The van der Waals surface area contributed by atoms with Crippen molar-refractivity contribution in [3.63, 3.8) is 0 Å². The number of hydrogen-bond donors (Lipinski definition) is 2. The minimum Gasteiger partial charge on any atom is -0.395 e. The van der Waals surface area contributed by atoms with Gasteiger partial charge in [0.2, 0.25) is 0 Å². The summed E-state index contributed by atoms with van der Waals surface area (Å²) in [7, 11) is 2.00. The quantitative estimate of drug-likeness (QED) is 0.790. The molecule has 0 radical (unpaired) electrons. The number of rotatable bonds is 6. The first-order valence-electron chi connectivity index (χ1n) is 10.9. The molecule has 7 heteroatoms. The van der Waals surface area contributed by atoms with Crippen molar-refractivity contribution in [1.29, 1.82) is 0 Å². The zero-order valence-corrected chi connectivity index (χ0v) is 17.1. The van der Waals surface area contributed by atoms with Crippen molar-refractivity contribution >= 4 is 16.9 Å². The molecule has 0 unspecified atom stereocenters. The van der Waals surface area contributed by atoms with Gasteiger partial charge >= 0.3 is 0 Å². The maximum atomic E-state index is 9.08. The minimum atomic E-state index is 0.254. The van der Waals surface area contributed by atoms with Gasteiger partial charge in [0.05, 0.1) is 12.3 Å². The molecule has 0 atom stereocenters. The van der Waals surface area contributed by atoms with Crippen LogP contribution in [-0.2, 0) is 13.6 Å². The Morgan fingerprint density at radius 3 is 2.54 bits per heavy atom. The van der Waals surface area contributed by atoms with E-state index in [0.29, 0.717) is 6.04 Å². The van der Waals surface area contributed by atoms with Crippen molar-refractivity contribution in [1.82, 2.24) is 25.0 Å². The Morgan fingerprint density at radius 1 is 1.07 bits per heavy atom. The Balaban J connectivity index is 1.41. The molecule has 0 saturated carbocycles. The fourth-order valence-electron chi connectivity index (χ4n) is 4.54. The van der Waals surface area contributed by atoms with E-state index in [4.69, 9.17) is 15.2 Å². The van der Waals surface area contributed by atoms with E-state index in [9.17, 15) is 0 Å². The van der Waals surface area contributed by atoms with Gasteiger partial charge in [-0.15, -0.1) is 0 Å². The highest BCUT2D eigenvalue weighted by Gasteiger charge is 2.20. The molecule has 2 N–H and O–H groups in total. The van der Waals surface area contributed by atoms with Gasteiger partial charge in [-0.3, -0.25) is 4.68 Å². The zero-order valence-electron chi connectivity index (χ0n) is 17.1. The van der Waals surface area contributed by atoms with Gasteiger partial charge in [0.1, 0.15) is 5.82 Å². The molecular weight excluding hydrogens is 352 g/mol. The number of fused-ring (bicyclic) bond motifs is 1. The van der Waals surface area contributed by atoms with Gasteiger partial charge in [-0.2, -0.15) is 5.10 Å². The van der Waals surface area contributed by atoms with Crippen LogP contribution in [0.2, 0.25) is 0 Å². The number of nitrogens with zero attached hydrogens (tertiary/aromatic N) is 5. The van der Waals surface area contributed by atoms with E-state index in [1.807, 2.05) is 11.7 Å². The van der Waals surface area contributed by atoms with E-state index >= 15 is 0 Å². The van der Waals surface area contributed by atoms with Crippen LogP contribution < -0.4 is 10.2 Å². The summed E-state index contributed by atoms with van der Waals surface area (Å²) in [6.07, 6.45) is 7.44. The lowest BCUT2D eigenvalue weighted by Gasteiger charge is -2.31. The third-order valence-electron chi connectivity index (χ3n) is 6.24. The van der Waals surface area contributed by atoms with Crippen LogP contribution in [0.5, 0.6) is 0 Å². The van der Waals surface area contributed by atoms with Crippen molar-refractivity contribution in [2.75, 3.05) is 44.2 Å². The van der Waals surface area contributed by atoms with Crippen LogP contribution in [0.4, 0.5) is 5.82 Å². The van der Waals surface area contributed by atoms with E-state index in [-0.39, 0.29) is 6.61 Å². The molecule has 0 amide bonds. The number of aromatic nitrogens is 3. The van der Waals surface area contributed by atoms with Crippen LogP contribution in [0.25, 0.3) is 11.0 Å². The second kappa shape index (κ2) is 9.20. The summed E-state index contributed by atoms with van der Waals surface area (Å²) >= 11 is 0. The molecule has 0 aliphatic carbocycles. The number of aliphatic hydroxyl groups is 1. The van der Waals surface area contributed by atoms with Crippen molar-refractivity contribution in [3.8, 4) is 0 Å². The first-order chi connectivity index (χ1) is 13.7. The normalized spacial score (nSPS) is 20.0. The average Bonchev–Trinajstić information content (AvgIpc) is 2.89. The fraction of sp³-hybridized carbons (Fsp3) is 0.714. The molecule has 2 aromatic heterocycles. The van der Waals surface area contributed by atoms with Crippen molar-refractivity contribution in [3.05, 3.63) is 17.8 Å². The highest BCUT2D eigenvalue weighted by molar-refractivity contribution is 5.80. The predicted molar refractivity (Wildman–Crippen MR) is 113 cm³/mol. The van der Waals surface area contributed by atoms with Crippen LogP contribution in [0, 0.1) is 0 Å². The largest absolute Gasteiger partial charge is 0.395 e. The minimum absolute atomic E-state index is 0.254. The number of nitrogens with one attached hydrogen (secondary N) is 1. The average molecular weight is 387 g/mol. The molecule has 0 spiro atoms. The summed E-state index contributed by atoms with van der Waals surface area (Å²) < 4.78 is 1.93. The summed E-state index contributed by atoms with van der Waals surface area (Å²) in [5, 5.41) is 18.7. The maximum absolute atomic E-state index is 9.08. The van der Waals surface area contributed by atoms with E-state index < -0.39 is 0 Å². The van der Waals surface area contributed by atoms with E-state index in [1.165, 1.54) is 25.7 Å². The van der Waals surface area contributed by atoms with Crippen LogP contribution in [0.3, 0.4) is 0 Å². The highest BCUT2D eigenvalue weighted by Crippen LogP contribution is 2.23. The molecule has 28 heavy (non-hydrogen) atoms. The van der Waals surface area contributed by atoms with E-state index in [0.717, 1.165) is 74.7 Å². The van der Waals surface area contributed by atoms with Gasteiger partial charge < -0.3 is 20.2 Å².